The number of anilines is 2. The van der Waals surface area contributed by atoms with Crippen molar-refractivity contribution in [1.29, 1.82) is 0 Å². The van der Waals surface area contributed by atoms with Crippen molar-refractivity contribution < 1.29 is 9.90 Å². The van der Waals surface area contributed by atoms with Crippen LogP contribution in [-0.2, 0) is 17.0 Å². The Morgan fingerprint density at radius 1 is 1.19 bits per heavy atom. The van der Waals surface area contributed by atoms with E-state index in [9.17, 15) is 9.90 Å². The number of rotatable bonds is 5. The number of carboxylic acid groups (broad SMARTS) is 1. The molecule has 0 amide bonds. The van der Waals surface area contributed by atoms with Gasteiger partial charge in [-0.05, 0) is 56.4 Å². The predicted molar refractivity (Wildman–Crippen MR) is 127 cm³/mol. The van der Waals surface area contributed by atoms with Crippen LogP contribution in [0.3, 0.4) is 0 Å². The first-order valence-electron chi connectivity index (χ1n) is 11.3. The molecule has 1 fully saturated rings. The summed E-state index contributed by atoms with van der Waals surface area (Å²) in [7, 11) is 0. The fourth-order valence-corrected chi connectivity index (χ4v) is 5.22. The quantitative estimate of drug-likeness (QED) is 0.465. The zero-order valence-electron chi connectivity index (χ0n) is 18.3. The second kappa shape index (κ2) is 6.73. The van der Waals surface area contributed by atoms with Gasteiger partial charge < -0.3 is 19.9 Å². The zero-order chi connectivity index (χ0) is 22.0. The second-order valence-corrected chi connectivity index (χ2v) is 9.02. The summed E-state index contributed by atoms with van der Waals surface area (Å²) in [4.78, 5) is 19.9. The van der Waals surface area contributed by atoms with E-state index in [0.29, 0.717) is 18.0 Å². The van der Waals surface area contributed by atoms with Gasteiger partial charge in [0, 0.05) is 35.6 Å². The molecular weight excluding hydrogens is 400 g/mol. The van der Waals surface area contributed by atoms with E-state index < -0.39 is 11.6 Å². The van der Waals surface area contributed by atoms with Crippen molar-refractivity contribution in [2.45, 2.75) is 38.9 Å². The number of pyridine rings is 1. The Morgan fingerprint density at radius 3 is 2.75 bits per heavy atom. The summed E-state index contributed by atoms with van der Waals surface area (Å²) < 4.78 is 2.19. The molecule has 6 nitrogen and oxygen atoms in total. The lowest BCUT2D eigenvalue weighted by atomic mass is 9.98. The lowest BCUT2D eigenvalue weighted by Crippen LogP contribution is -2.55. The molecule has 6 rings (SSSR count). The molecule has 2 N–H and O–H groups in total. The van der Waals surface area contributed by atoms with Gasteiger partial charge in [-0.15, -0.1) is 0 Å². The third-order valence-electron chi connectivity index (χ3n) is 7.04. The Bertz CT molecular complexity index is 1390. The van der Waals surface area contributed by atoms with E-state index in [-0.39, 0.29) is 0 Å². The summed E-state index contributed by atoms with van der Waals surface area (Å²) in [5, 5.41) is 16.2. The van der Waals surface area contributed by atoms with Crippen LogP contribution in [0.2, 0.25) is 0 Å². The highest BCUT2D eigenvalue weighted by molar-refractivity contribution is 6.07. The van der Waals surface area contributed by atoms with Gasteiger partial charge in [-0.25, -0.2) is 9.78 Å². The van der Waals surface area contributed by atoms with Crippen molar-refractivity contribution in [2.75, 3.05) is 16.8 Å². The van der Waals surface area contributed by atoms with Gasteiger partial charge in [-0.1, -0.05) is 30.3 Å². The van der Waals surface area contributed by atoms with Crippen LogP contribution in [0, 0.1) is 12.8 Å². The first-order chi connectivity index (χ1) is 15.5. The van der Waals surface area contributed by atoms with Crippen LogP contribution in [0.4, 0.5) is 11.4 Å². The largest absolute Gasteiger partial charge is 0.478 e. The minimum Gasteiger partial charge on any atom is -0.478 e. The van der Waals surface area contributed by atoms with E-state index in [1.54, 1.807) is 6.20 Å². The topological polar surface area (TPSA) is 70.4 Å². The molecule has 4 aromatic rings. The molecule has 1 atom stereocenters. The molecule has 6 heteroatoms. The third kappa shape index (κ3) is 2.52. The van der Waals surface area contributed by atoms with Crippen LogP contribution in [-0.4, -0.2) is 27.2 Å². The number of carbonyl (C=O) groups is 1. The van der Waals surface area contributed by atoms with Crippen molar-refractivity contribution in [3.8, 4) is 0 Å². The number of aliphatic carboxylic acids is 1. The molecule has 2 aliphatic rings. The van der Waals surface area contributed by atoms with E-state index in [0.717, 1.165) is 58.3 Å². The van der Waals surface area contributed by atoms with Gasteiger partial charge in [0.05, 0.1) is 16.9 Å². The number of hydrogen-bond donors (Lipinski definition) is 2. The zero-order valence-corrected chi connectivity index (χ0v) is 18.3. The molecule has 32 heavy (non-hydrogen) atoms. The fraction of sp³-hybridized carbons (Fsp3) is 0.308. The standard InChI is InChI=1S/C26H26N4O2/c1-3-29-21-9-5-4-8-19(21)20-13-18(14-27-24(20)29)26(25(31)32)28-23-16(2)7-6-10-22(23)30(26)15-17-11-12-17/h4-10,13-14,17,28H,3,11-12,15H2,1-2H3,(H,31,32). The maximum Gasteiger partial charge on any atom is 0.355 e. The van der Waals surface area contributed by atoms with Gasteiger partial charge in [-0.2, -0.15) is 0 Å². The smallest absolute Gasteiger partial charge is 0.355 e. The van der Waals surface area contributed by atoms with Gasteiger partial charge >= 0.3 is 5.97 Å². The van der Waals surface area contributed by atoms with Crippen LogP contribution in [0.5, 0.6) is 0 Å². The molecular formula is C26H26N4O2. The van der Waals surface area contributed by atoms with Crippen molar-refractivity contribution >= 4 is 39.3 Å². The van der Waals surface area contributed by atoms with E-state index in [2.05, 4.69) is 33.8 Å². The van der Waals surface area contributed by atoms with Gasteiger partial charge in [0.15, 0.2) is 0 Å². The Morgan fingerprint density at radius 2 is 2.00 bits per heavy atom. The van der Waals surface area contributed by atoms with E-state index in [4.69, 9.17) is 4.98 Å². The molecule has 0 saturated heterocycles. The van der Waals surface area contributed by atoms with E-state index >= 15 is 0 Å². The fourth-order valence-electron chi connectivity index (χ4n) is 5.22. The highest BCUT2D eigenvalue weighted by Gasteiger charge is 2.53. The minimum atomic E-state index is -1.38. The molecule has 1 unspecified atom stereocenters. The lowest BCUT2D eigenvalue weighted by Gasteiger charge is -2.36. The van der Waals surface area contributed by atoms with Crippen LogP contribution >= 0.6 is 0 Å². The van der Waals surface area contributed by atoms with E-state index in [1.807, 2.05) is 43.3 Å². The Labute approximate surface area is 186 Å². The molecule has 0 radical (unpaired) electrons. The number of benzene rings is 2. The summed E-state index contributed by atoms with van der Waals surface area (Å²) in [5.41, 5.74) is 4.18. The van der Waals surface area contributed by atoms with Gasteiger partial charge in [0.25, 0.3) is 0 Å². The number of carboxylic acids is 1. The minimum absolute atomic E-state index is 0.528. The van der Waals surface area contributed by atoms with Crippen LogP contribution in [0.1, 0.15) is 30.9 Å². The summed E-state index contributed by atoms with van der Waals surface area (Å²) in [5.74, 6) is -0.380. The van der Waals surface area contributed by atoms with Crippen LogP contribution in [0.15, 0.2) is 54.7 Å². The lowest BCUT2D eigenvalue weighted by molar-refractivity contribution is -0.142. The summed E-state index contributed by atoms with van der Waals surface area (Å²) in [6.45, 7) is 5.65. The summed E-state index contributed by atoms with van der Waals surface area (Å²) in [6, 6.07) is 16.3. The molecule has 0 bridgehead atoms. The first-order valence-corrected chi connectivity index (χ1v) is 11.3. The number of para-hydroxylation sites is 2. The van der Waals surface area contributed by atoms with Crippen LogP contribution in [0.25, 0.3) is 21.9 Å². The van der Waals surface area contributed by atoms with Crippen molar-refractivity contribution in [2.24, 2.45) is 5.92 Å². The summed E-state index contributed by atoms with van der Waals surface area (Å²) >= 11 is 0. The monoisotopic (exact) mass is 426 g/mol. The van der Waals surface area contributed by atoms with Crippen molar-refractivity contribution in [3.05, 3.63) is 65.9 Å². The summed E-state index contributed by atoms with van der Waals surface area (Å²) in [6.07, 6.45) is 4.04. The molecule has 1 aliphatic carbocycles. The average Bonchev–Trinajstić information content (AvgIpc) is 3.47. The van der Waals surface area contributed by atoms with Gasteiger partial charge in [0.2, 0.25) is 5.66 Å². The molecule has 2 aromatic heterocycles. The Kier molecular flexibility index (Phi) is 4.03. The van der Waals surface area contributed by atoms with E-state index in [1.165, 1.54) is 0 Å². The van der Waals surface area contributed by atoms with Crippen LogP contribution < -0.4 is 10.2 Å². The predicted octanol–water partition coefficient (Wildman–Crippen LogP) is 5.10. The second-order valence-electron chi connectivity index (χ2n) is 9.02. The van der Waals surface area contributed by atoms with Gasteiger partial charge in [-0.3, -0.25) is 0 Å². The number of aromatic nitrogens is 2. The number of nitrogens with one attached hydrogen (secondary N) is 1. The first kappa shape index (κ1) is 19.2. The highest BCUT2D eigenvalue weighted by Crippen LogP contribution is 2.49. The number of nitrogens with zero attached hydrogens (tertiary/aromatic N) is 3. The molecule has 0 spiro atoms. The molecule has 1 aliphatic heterocycles. The number of hydrogen-bond acceptors (Lipinski definition) is 4. The number of fused-ring (bicyclic) bond motifs is 4. The van der Waals surface area contributed by atoms with Gasteiger partial charge in [0.1, 0.15) is 5.65 Å². The van der Waals surface area contributed by atoms with Crippen molar-refractivity contribution in [1.82, 2.24) is 9.55 Å². The number of aryl methyl sites for hydroxylation is 2. The molecule has 162 valence electrons. The average molecular weight is 427 g/mol. The maximum absolute atomic E-state index is 13.0. The molecule has 3 heterocycles. The maximum atomic E-state index is 13.0. The normalized spacial score (nSPS) is 20.0. The SMILES string of the molecule is CCn1c2ccccc2c2cc(C3(C(=O)O)Nc4c(C)cccc4N3CC3CC3)cnc21. The highest BCUT2D eigenvalue weighted by atomic mass is 16.4. The Balaban J connectivity index is 1.61. The molecule has 1 saturated carbocycles. The molecule has 2 aromatic carbocycles. The third-order valence-corrected chi connectivity index (χ3v) is 7.04. The Hall–Kier alpha value is -3.54. The van der Waals surface area contributed by atoms with Crippen molar-refractivity contribution in [3.63, 3.8) is 0 Å².